The smallest absolute Gasteiger partial charge is 0.227 e. The lowest BCUT2D eigenvalue weighted by atomic mass is 9.73. The van der Waals surface area contributed by atoms with Crippen LogP contribution in [-0.4, -0.2) is 76.0 Å². The second-order valence-electron chi connectivity index (χ2n) is 10.0. The van der Waals surface area contributed by atoms with Crippen molar-refractivity contribution in [2.24, 2.45) is 10.8 Å². The normalized spacial score (nSPS) is 21.2. The average Bonchev–Trinajstić information content (AvgIpc) is 2.67. The summed E-state index contributed by atoms with van der Waals surface area (Å²) in [6.45, 7) is 2.91. The van der Waals surface area contributed by atoms with E-state index in [1.807, 2.05) is 28.2 Å². The Labute approximate surface area is 178 Å². The molecule has 2 rings (SSSR count). The zero-order chi connectivity index (χ0) is 21.3. The quantitative estimate of drug-likeness (QED) is 0.546. The Morgan fingerprint density at radius 2 is 1.00 bits per heavy atom. The highest BCUT2D eigenvalue weighted by Crippen LogP contribution is 2.38. The zero-order valence-corrected chi connectivity index (χ0v) is 19.3. The van der Waals surface area contributed by atoms with E-state index in [1.165, 1.54) is 12.8 Å². The minimum absolute atomic E-state index is 0.202. The number of hydrogen-bond donors (Lipinski definition) is 2. The summed E-state index contributed by atoms with van der Waals surface area (Å²) in [7, 11) is 8.20. The van der Waals surface area contributed by atoms with Crippen LogP contribution in [0.4, 0.5) is 0 Å². The highest BCUT2D eigenvalue weighted by atomic mass is 16.2. The predicted molar refractivity (Wildman–Crippen MR) is 119 cm³/mol. The number of rotatable bonds is 10. The van der Waals surface area contributed by atoms with Crippen molar-refractivity contribution in [3.8, 4) is 0 Å². The topological polar surface area (TPSA) is 64.7 Å². The first-order valence-electron chi connectivity index (χ1n) is 11.7. The molecule has 0 atom stereocenters. The molecule has 0 aromatic rings. The van der Waals surface area contributed by atoms with Crippen LogP contribution in [0.25, 0.3) is 0 Å². The summed E-state index contributed by atoms with van der Waals surface area (Å²) >= 11 is 0. The van der Waals surface area contributed by atoms with Gasteiger partial charge < -0.3 is 20.4 Å². The first kappa shape index (κ1) is 24.1. The maximum atomic E-state index is 12.9. The fourth-order valence-electron chi connectivity index (χ4n) is 5.45. The van der Waals surface area contributed by atoms with Gasteiger partial charge >= 0.3 is 0 Å². The van der Waals surface area contributed by atoms with Crippen molar-refractivity contribution in [1.29, 1.82) is 0 Å². The van der Waals surface area contributed by atoms with Crippen LogP contribution in [-0.2, 0) is 9.59 Å². The van der Waals surface area contributed by atoms with E-state index >= 15 is 0 Å². The highest BCUT2D eigenvalue weighted by Gasteiger charge is 2.40. The zero-order valence-electron chi connectivity index (χ0n) is 19.3. The Morgan fingerprint density at radius 3 is 1.31 bits per heavy atom. The van der Waals surface area contributed by atoms with Crippen LogP contribution in [0, 0.1) is 10.8 Å². The van der Waals surface area contributed by atoms with E-state index in [9.17, 15) is 9.59 Å². The minimum Gasteiger partial charge on any atom is -0.356 e. The first-order chi connectivity index (χ1) is 13.8. The van der Waals surface area contributed by atoms with Crippen molar-refractivity contribution in [1.82, 2.24) is 20.4 Å². The summed E-state index contributed by atoms with van der Waals surface area (Å²) in [6.07, 6.45) is 11.8. The minimum atomic E-state index is -0.233. The monoisotopic (exact) mass is 408 g/mol. The van der Waals surface area contributed by atoms with E-state index < -0.39 is 0 Å². The van der Waals surface area contributed by atoms with Gasteiger partial charge in [-0.05, 0) is 60.3 Å². The second kappa shape index (κ2) is 11.3. The van der Waals surface area contributed by atoms with Crippen molar-refractivity contribution in [2.45, 2.75) is 70.6 Å². The van der Waals surface area contributed by atoms with Crippen molar-refractivity contribution >= 4 is 11.8 Å². The van der Waals surface area contributed by atoms with Crippen molar-refractivity contribution < 1.29 is 9.59 Å². The summed E-state index contributed by atoms with van der Waals surface area (Å²) in [6, 6.07) is 0. The van der Waals surface area contributed by atoms with Gasteiger partial charge in [-0.3, -0.25) is 9.59 Å². The highest BCUT2D eigenvalue weighted by molar-refractivity contribution is 5.83. The van der Waals surface area contributed by atoms with E-state index in [2.05, 4.69) is 20.4 Å². The lowest BCUT2D eigenvalue weighted by Crippen LogP contribution is -2.49. The number of hydrogen-bond acceptors (Lipinski definition) is 4. The standard InChI is InChI=1S/C23H44N4O2/c1-26(2)18-22(12-7-5-8-13-22)20(28)24-16-11-17-25-21(29)23(19-27(3)4)14-9-6-10-15-23/h5-19H2,1-4H3,(H,24,28)(H,25,29). The fraction of sp³-hybridized carbons (Fsp3) is 0.913. The number of carbonyl (C=O) groups excluding carboxylic acids is 2. The number of nitrogens with zero attached hydrogens (tertiary/aromatic N) is 2. The van der Waals surface area contributed by atoms with Crippen LogP contribution in [0.2, 0.25) is 0 Å². The summed E-state index contributed by atoms with van der Waals surface area (Å²) in [4.78, 5) is 30.2. The molecule has 0 radical (unpaired) electrons. The third-order valence-electron chi connectivity index (χ3n) is 6.75. The molecular formula is C23H44N4O2. The van der Waals surface area contributed by atoms with Gasteiger partial charge in [0.25, 0.3) is 0 Å². The van der Waals surface area contributed by atoms with Crippen LogP contribution in [0.5, 0.6) is 0 Å². The molecule has 168 valence electrons. The maximum Gasteiger partial charge on any atom is 0.227 e. The lowest BCUT2D eigenvalue weighted by Gasteiger charge is -2.38. The van der Waals surface area contributed by atoms with Gasteiger partial charge in [0.1, 0.15) is 0 Å². The second-order valence-corrected chi connectivity index (χ2v) is 10.0. The van der Waals surface area contributed by atoms with E-state index in [0.717, 1.165) is 70.9 Å². The summed E-state index contributed by atoms with van der Waals surface area (Å²) in [5, 5.41) is 6.34. The molecule has 0 aromatic heterocycles. The lowest BCUT2D eigenvalue weighted by molar-refractivity contribution is -0.134. The predicted octanol–water partition coefficient (Wildman–Crippen LogP) is 2.63. The Morgan fingerprint density at radius 1 is 0.655 bits per heavy atom. The van der Waals surface area contributed by atoms with E-state index in [1.54, 1.807) is 0 Å². The number of nitrogens with one attached hydrogen (secondary N) is 2. The van der Waals surface area contributed by atoms with E-state index in [0.29, 0.717) is 13.1 Å². The molecule has 0 unspecified atom stereocenters. The molecule has 0 aromatic carbocycles. The van der Waals surface area contributed by atoms with Crippen LogP contribution in [0.15, 0.2) is 0 Å². The van der Waals surface area contributed by atoms with Gasteiger partial charge in [-0.25, -0.2) is 0 Å². The maximum absolute atomic E-state index is 12.9. The first-order valence-corrected chi connectivity index (χ1v) is 11.7. The van der Waals surface area contributed by atoms with Crippen molar-refractivity contribution in [3.63, 3.8) is 0 Å². The molecule has 6 nitrogen and oxygen atoms in total. The van der Waals surface area contributed by atoms with Gasteiger partial charge in [-0.1, -0.05) is 38.5 Å². The number of amides is 2. The summed E-state index contributed by atoms with van der Waals surface area (Å²) < 4.78 is 0. The van der Waals surface area contributed by atoms with E-state index in [4.69, 9.17) is 0 Å². The van der Waals surface area contributed by atoms with Gasteiger partial charge in [-0.2, -0.15) is 0 Å². The molecular weight excluding hydrogens is 364 g/mol. The molecule has 2 aliphatic carbocycles. The molecule has 2 saturated carbocycles. The van der Waals surface area contributed by atoms with Gasteiger partial charge in [0.05, 0.1) is 10.8 Å². The summed E-state index contributed by atoms with van der Waals surface area (Å²) in [5.74, 6) is 0.405. The molecule has 2 aliphatic rings. The fourth-order valence-corrected chi connectivity index (χ4v) is 5.45. The van der Waals surface area contributed by atoms with Gasteiger partial charge in [-0.15, -0.1) is 0 Å². The van der Waals surface area contributed by atoms with Gasteiger partial charge in [0.15, 0.2) is 0 Å². The molecule has 0 saturated heterocycles. The molecule has 0 spiro atoms. The largest absolute Gasteiger partial charge is 0.356 e. The average molecular weight is 409 g/mol. The molecule has 0 aliphatic heterocycles. The Bertz CT molecular complexity index is 475. The van der Waals surface area contributed by atoms with Gasteiger partial charge in [0.2, 0.25) is 11.8 Å². The Hall–Kier alpha value is -1.14. The Kier molecular flexibility index (Phi) is 9.41. The molecule has 0 bridgehead atoms. The molecule has 6 heteroatoms. The summed E-state index contributed by atoms with van der Waals surface area (Å²) in [5.41, 5.74) is -0.467. The van der Waals surface area contributed by atoms with Crippen LogP contribution >= 0.6 is 0 Å². The van der Waals surface area contributed by atoms with Crippen molar-refractivity contribution in [3.05, 3.63) is 0 Å². The molecule has 29 heavy (non-hydrogen) atoms. The van der Waals surface area contributed by atoms with Crippen molar-refractivity contribution in [2.75, 3.05) is 54.4 Å². The van der Waals surface area contributed by atoms with Crippen LogP contribution < -0.4 is 10.6 Å². The molecule has 2 N–H and O–H groups in total. The Balaban J connectivity index is 1.77. The van der Waals surface area contributed by atoms with Crippen LogP contribution in [0.1, 0.15) is 70.6 Å². The SMILES string of the molecule is CN(C)CC1(C(=O)NCCCNC(=O)C2(CN(C)C)CCCCC2)CCCCC1. The van der Waals surface area contributed by atoms with Crippen LogP contribution in [0.3, 0.4) is 0 Å². The molecule has 2 fully saturated rings. The third-order valence-corrected chi connectivity index (χ3v) is 6.75. The number of carbonyl (C=O) groups is 2. The molecule has 2 amide bonds. The molecule has 0 heterocycles. The van der Waals surface area contributed by atoms with Gasteiger partial charge in [0, 0.05) is 26.2 Å². The van der Waals surface area contributed by atoms with E-state index in [-0.39, 0.29) is 22.6 Å². The third kappa shape index (κ3) is 6.95.